The van der Waals surface area contributed by atoms with Crippen LogP contribution in [0, 0.1) is 5.92 Å². The van der Waals surface area contributed by atoms with Crippen molar-refractivity contribution in [2.24, 2.45) is 5.92 Å². The molecular weight excluding hydrogens is 939 g/mol. The molecule has 71 heavy (non-hydrogen) atoms. The van der Waals surface area contributed by atoms with Gasteiger partial charge in [0.1, 0.15) is 42.6 Å². The second kappa shape index (κ2) is 34.4. The fourth-order valence-electron chi connectivity index (χ4n) is 7.88. The van der Waals surface area contributed by atoms with Gasteiger partial charge >= 0.3 is 0 Å². The van der Waals surface area contributed by atoms with Crippen LogP contribution < -0.4 is 26.6 Å². The number of carbonyl (C=O) groups is 5. The summed E-state index contributed by atoms with van der Waals surface area (Å²) in [4.78, 5) is 63.3. The largest absolute Gasteiger partial charge is 0.394 e. The van der Waals surface area contributed by atoms with Crippen LogP contribution in [0.4, 0.5) is 5.69 Å². The van der Waals surface area contributed by atoms with Gasteiger partial charge in [0.05, 0.1) is 72.2 Å². The van der Waals surface area contributed by atoms with E-state index in [0.29, 0.717) is 37.1 Å². The Kier molecular flexibility index (Phi) is 29.7. The van der Waals surface area contributed by atoms with Gasteiger partial charge in [-0.25, -0.2) is 0 Å². The standard InChI is InChI=1S/C47H79N5O19/c1-29-41(60)42(61)35(26-54)70-46(29)68-20-18-66-16-14-48-37(57)13-12-34(45(64)49-15-17-67-19-21-69-47-40(50-30(2)56)44(63)43(62)36(27-55)71-47)52-39(59)11-9-7-5-4-6-8-10-38(58)51-33-23-31(25-53)22-32(24-33)28-65-3/h22-24,29,34-36,40-44,46-47,53-55,60-63H,4-21,25-28H2,1-3H3,(H,48,57)(H,49,64)(H,50,56)(H,51,58)(H,52,59)/t29-,34-,35-,36-,40-,41-,42+,43+,44-,46?,47?/m1/s1. The number of anilines is 1. The van der Waals surface area contributed by atoms with Crippen molar-refractivity contribution < 1.29 is 92.9 Å². The molecule has 2 aliphatic heterocycles. The number of rotatable bonds is 35. The number of aliphatic hydroxyl groups is 7. The van der Waals surface area contributed by atoms with Crippen LogP contribution in [-0.2, 0) is 70.3 Å². The zero-order chi connectivity index (χ0) is 52.1. The molecule has 24 heteroatoms. The normalized spacial score (nSPS) is 24.7. The molecular formula is C47H79N5O19. The van der Waals surface area contributed by atoms with Crippen LogP contribution in [-0.4, -0.2) is 200 Å². The van der Waals surface area contributed by atoms with Gasteiger partial charge in [0.25, 0.3) is 0 Å². The number of hydrogen-bond acceptors (Lipinski definition) is 19. The number of methoxy groups -OCH3 is 1. The molecule has 1 aromatic rings. The summed E-state index contributed by atoms with van der Waals surface area (Å²) < 4.78 is 38.5. The lowest BCUT2D eigenvalue weighted by Crippen LogP contribution is -2.64. The summed E-state index contributed by atoms with van der Waals surface area (Å²) in [6.45, 7) is 2.47. The van der Waals surface area contributed by atoms with E-state index in [1.54, 1.807) is 20.1 Å². The maximum absolute atomic E-state index is 13.3. The van der Waals surface area contributed by atoms with Crippen LogP contribution in [0.25, 0.3) is 0 Å². The first-order valence-corrected chi connectivity index (χ1v) is 24.4. The Morgan fingerprint density at radius 3 is 1.82 bits per heavy atom. The fraction of sp³-hybridized carbons (Fsp3) is 0.766. The molecule has 2 fully saturated rings. The van der Waals surface area contributed by atoms with Crippen LogP contribution in [0.3, 0.4) is 0 Å². The van der Waals surface area contributed by atoms with Crippen LogP contribution >= 0.6 is 0 Å². The molecule has 0 spiro atoms. The number of benzene rings is 1. The lowest BCUT2D eigenvalue weighted by Gasteiger charge is -2.42. The van der Waals surface area contributed by atoms with Crippen molar-refractivity contribution in [3.63, 3.8) is 0 Å². The van der Waals surface area contributed by atoms with Crippen molar-refractivity contribution in [3.05, 3.63) is 29.3 Å². The number of nitrogens with one attached hydrogen (secondary N) is 5. The second-order valence-corrected chi connectivity index (χ2v) is 17.6. The summed E-state index contributed by atoms with van der Waals surface area (Å²) in [5.41, 5.74) is 2.12. The third-order valence-corrected chi connectivity index (χ3v) is 11.8. The highest BCUT2D eigenvalue weighted by Gasteiger charge is 2.45. The molecule has 3 rings (SSSR count). The third kappa shape index (κ3) is 22.8. The Balaban J connectivity index is 1.39. The van der Waals surface area contributed by atoms with Crippen molar-refractivity contribution in [3.8, 4) is 0 Å². The van der Waals surface area contributed by atoms with E-state index in [2.05, 4.69) is 26.6 Å². The van der Waals surface area contributed by atoms with E-state index in [-0.39, 0.29) is 96.3 Å². The van der Waals surface area contributed by atoms with Gasteiger partial charge in [-0.05, 0) is 42.5 Å². The first-order chi connectivity index (χ1) is 34.1. The molecule has 2 unspecified atom stereocenters. The smallest absolute Gasteiger partial charge is 0.242 e. The molecule has 5 amide bonds. The molecule has 1 aromatic carbocycles. The average Bonchev–Trinajstić information content (AvgIpc) is 3.34. The average molecular weight is 1020 g/mol. The molecule has 11 atom stereocenters. The number of ether oxygens (including phenoxy) is 7. The van der Waals surface area contributed by atoms with Crippen molar-refractivity contribution >= 4 is 35.2 Å². The molecule has 2 heterocycles. The summed E-state index contributed by atoms with van der Waals surface area (Å²) in [6, 6.07) is 3.19. The Bertz CT molecular complexity index is 1730. The van der Waals surface area contributed by atoms with E-state index in [0.717, 1.165) is 31.2 Å². The van der Waals surface area contributed by atoms with E-state index >= 15 is 0 Å². The molecule has 24 nitrogen and oxygen atoms in total. The highest BCUT2D eigenvalue weighted by molar-refractivity contribution is 5.91. The van der Waals surface area contributed by atoms with Crippen molar-refractivity contribution in [1.29, 1.82) is 0 Å². The third-order valence-electron chi connectivity index (χ3n) is 11.8. The van der Waals surface area contributed by atoms with Gasteiger partial charge in [-0.2, -0.15) is 0 Å². The van der Waals surface area contributed by atoms with Gasteiger partial charge in [0.15, 0.2) is 12.6 Å². The summed E-state index contributed by atoms with van der Waals surface area (Å²) in [5, 5.41) is 82.8. The van der Waals surface area contributed by atoms with Crippen molar-refractivity contribution in [2.75, 3.05) is 78.4 Å². The molecule has 0 radical (unpaired) electrons. The minimum Gasteiger partial charge on any atom is -0.394 e. The minimum absolute atomic E-state index is 0.00314. The van der Waals surface area contributed by atoms with Crippen LogP contribution in [0.5, 0.6) is 0 Å². The topological polar surface area (TPSA) is 352 Å². The van der Waals surface area contributed by atoms with Crippen LogP contribution in [0.1, 0.15) is 89.2 Å². The first-order valence-electron chi connectivity index (χ1n) is 24.4. The lowest BCUT2D eigenvalue weighted by molar-refractivity contribution is -0.284. The lowest BCUT2D eigenvalue weighted by atomic mass is 9.92. The van der Waals surface area contributed by atoms with Gasteiger partial charge < -0.3 is 95.5 Å². The maximum Gasteiger partial charge on any atom is 0.242 e. The van der Waals surface area contributed by atoms with Gasteiger partial charge in [-0.1, -0.05) is 38.7 Å². The molecule has 406 valence electrons. The number of aliphatic hydroxyl groups excluding tert-OH is 7. The summed E-state index contributed by atoms with van der Waals surface area (Å²) in [7, 11) is 1.57. The second-order valence-electron chi connectivity index (χ2n) is 17.6. The number of unbranched alkanes of at least 4 members (excludes halogenated alkanes) is 5. The predicted molar refractivity (Wildman–Crippen MR) is 252 cm³/mol. The van der Waals surface area contributed by atoms with Crippen LogP contribution in [0.15, 0.2) is 18.2 Å². The van der Waals surface area contributed by atoms with Crippen molar-refractivity contribution in [1.82, 2.24) is 21.3 Å². The van der Waals surface area contributed by atoms with Crippen molar-refractivity contribution in [2.45, 2.75) is 153 Å². The first kappa shape index (κ1) is 61.3. The monoisotopic (exact) mass is 1020 g/mol. The molecule has 0 bridgehead atoms. The van der Waals surface area contributed by atoms with E-state index in [4.69, 9.17) is 33.2 Å². The quantitative estimate of drug-likeness (QED) is 0.0326. The molecule has 0 saturated carbocycles. The van der Waals surface area contributed by atoms with Gasteiger partial charge in [0.2, 0.25) is 29.5 Å². The number of amides is 5. The van der Waals surface area contributed by atoms with E-state index in [1.807, 2.05) is 12.1 Å². The minimum atomic E-state index is -1.47. The summed E-state index contributed by atoms with van der Waals surface area (Å²) in [5.74, 6) is -2.45. The maximum atomic E-state index is 13.3. The molecule has 12 N–H and O–H groups in total. The molecule has 2 saturated heterocycles. The van der Waals surface area contributed by atoms with E-state index in [1.165, 1.54) is 6.92 Å². The molecule has 0 aliphatic carbocycles. The number of hydrogen-bond donors (Lipinski definition) is 12. The Hall–Kier alpha value is -3.99. The zero-order valence-corrected chi connectivity index (χ0v) is 41.2. The Morgan fingerprint density at radius 2 is 1.21 bits per heavy atom. The van der Waals surface area contributed by atoms with Gasteiger partial charge in [0, 0.05) is 58.0 Å². The SMILES string of the molecule is COCc1cc(CO)cc(NC(=O)CCCCCCCCC(=O)N[C@H](CCC(=O)NCCOCCOC2O[C@H](CO)[C@H](O)[C@H](O)[C@H]2C)C(=O)NCCOCCOC2O[C@H](CO)[C@H](O)[C@H](O)[C@H]2NC(C)=O)c1. The molecule has 2 aliphatic rings. The summed E-state index contributed by atoms with van der Waals surface area (Å²) >= 11 is 0. The Morgan fingerprint density at radius 1 is 0.648 bits per heavy atom. The highest BCUT2D eigenvalue weighted by atomic mass is 16.7. The fourth-order valence-corrected chi connectivity index (χ4v) is 7.88. The van der Waals surface area contributed by atoms with E-state index < -0.39 is 92.2 Å². The van der Waals surface area contributed by atoms with Gasteiger partial charge in [-0.3, -0.25) is 24.0 Å². The van der Waals surface area contributed by atoms with Crippen LogP contribution in [0.2, 0.25) is 0 Å². The predicted octanol–water partition coefficient (Wildman–Crippen LogP) is -2.03. The zero-order valence-electron chi connectivity index (χ0n) is 41.2. The molecule has 0 aromatic heterocycles. The van der Waals surface area contributed by atoms with E-state index in [9.17, 15) is 59.7 Å². The summed E-state index contributed by atoms with van der Waals surface area (Å²) in [6.07, 6.45) is -4.60. The highest BCUT2D eigenvalue weighted by Crippen LogP contribution is 2.27. The Labute approximate surface area is 414 Å². The van der Waals surface area contributed by atoms with Gasteiger partial charge in [-0.15, -0.1) is 0 Å². The number of carbonyl (C=O) groups excluding carboxylic acids is 5.